The Morgan fingerprint density at radius 2 is 1.76 bits per heavy atom. The van der Waals surface area contributed by atoms with Gasteiger partial charge in [0.2, 0.25) is 0 Å². The van der Waals surface area contributed by atoms with Gasteiger partial charge < -0.3 is 18.6 Å². The molecule has 152 valence electrons. The van der Waals surface area contributed by atoms with Crippen LogP contribution in [0.2, 0.25) is 0 Å². The van der Waals surface area contributed by atoms with Crippen LogP contribution in [-0.4, -0.2) is 19.7 Å². The average Bonchev–Trinajstić information content (AvgIpc) is 2.71. The Kier molecular flexibility index (Phi) is 6.34. The summed E-state index contributed by atoms with van der Waals surface area (Å²) in [6.45, 7) is 6.69. The Morgan fingerprint density at radius 1 is 1.00 bits per heavy atom. The van der Waals surface area contributed by atoms with Gasteiger partial charge in [-0.2, -0.15) is 0 Å². The number of benzene rings is 2. The molecule has 0 aliphatic heterocycles. The molecule has 0 amide bonds. The molecule has 2 aromatic carbocycles. The van der Waals surface area contributed by atoms with E-state index in [-0.39, 0.29) is 6.61 Å². The van der Waals surface area contributed by atoms with Crippen LogP contribution in [0.1, 0.15) is 39.5 Å². The fourth-order valence-electron chi connectivity index (χ4n) is 3.06. The van der Waals surface area contributed by atoms with E-state index < -0.39 is 11.6 Å². The number of fused-ring (bicyclic) bond motifs is 1. The first-order valence-corrected chi connectivity index (χ1v) is 9.38. The van der Waals surface area contributed by atoms with E-state index in [0.717, 1.165) is 22.1 Å². The second-order valence-corrected chi connectivity index (χ2v) is 6.76. The van der Waals surface area contributed by atoms with E-state index in [4.69, 9.17) is 18.6 Å². The molecule has 0 aliphatic carbocycles. The molecule has 0 spiro atoms. The molecule has 29 heavy (non-hydrogen) atoms. The van der Waals surface area contributed by atoms with Crippen molar-refractivity contribution in [1.29, 1.82) is 0 Å². The molecule has 3 aromatic rings. The van der Waals surface area contributed by atoms with Gasteiger partial charge in [-0.3, -0.25) is 0 Å². The van der Waals surface area contributed by atoms with Crippen molar-refractivity contribution in [3.63, 3.8) is 0 Å². The number of carbonyl (C=O) groups is 1. The Balaban J connectivity index is 1.84. The molecule has 1 heterocycles. The predicted molar refractivity (Wildman–Crippen MR) is 109 cm³/mol. The topological polar surface area (TPSA) is 75.0 Å². The summed E-state index contributed by atoms with van der Waals surface area (Å²) in [5.74, 6) is 0.156. The fraction of sp³-hybridized carbons (Fsp3) is 0.304. The molecule has 0 unspecified atom stereocenters. The number of methoxy groups -OCH3 is 1. The minimum Gasteiger partial charge on any atom is -0.496 e. The summed E-state index contributed by atoms with van der Waals surface area (Å²) in [6, 6.07) is 10.2. The monoisotopic (exact) mass is 396 g/mol. The van der Waals surface area contributed by atoms with E-state index >= 15 is 0 Å². The zero-order chi connectivity index (χ0) is 21.0. The second kappa shape index (κ2) is 8.92. The number of rotatable bonds is 7. The normalized spacial score (nSPS) is 10.9. The van der Waals surface area contributed by atoms with Gasteiger partial charge in [-0.15, -0.1) is 0 Å². The van der Waals surface area contributed by atoms with Crippen LogP contribution in [0.3, 0.4) is 0 Å². The van der Waals surface area contributed by atoms with Crippen LogP contribution in [0.25, 0.3) is 11.0 Å². The maximum atomic E-state index is 12.6. The van der Waals surface area contributed by atoms with E-state index in [9.17, 15) is 9.59 Å². The van der Waals surface area contributed by atoms with E-state index in [1.165, 1.54) is 6.07 Å². The lowest BCUT2D eigenvalue weighted by Gasteiger charge is -2.12. The molecule has 0 aliphatic rings. The SMILES string of the molecule is CCOCc1cc(C(=O)OCc2cc(=O)oc3cc(C)c(C)cc23)ccc1OC. The van der Waals surface area contributed by atoms with E-state index in [2.05, 4.69) is 0 Å². The number of aryl methyl sites for hydroxylation is 2. The number of esters is 1. The van der Waals surface area contributed by atoms with Crippen LogP contribution in [0.15, 0.2) is 45.6 Å². The molecule has 0 atom stereocenters. The van der Waals surface area contributed by atoms with Crippen LogP contribution in [-0.2, 0) is 22.7 Å². The summed E-state index contributed by atoms with van der Waals surface area (Å²) in [5.41, 5.74) is 3.85. The van der Waals surface area contributed by atoms with Gasteiger partial charge in [0.25, 0.3) is 0 Å². The summed E-state index contributed by atoms with van der Waals surface area (Å²) in [5, 5.41) is 0.757. The van der Waals surface area contributed by atoms with Crippen molar-refractivity contribution >= 4 is 16.9 Å². The third kappa shape index (κ3) is 4.66. The highest BCUT2D eigenvalue weighted by atomic mass is 16.5. The summed E-state index contributed by atoms with van der Waals surface area (Å²) in [6.07, 6.45) is 0. The first-order valence-electron chi connectivity index (χ1n) is 9.38. The molecule has 0 radical (unpaired) electrons. The van der Waals surface area contributed by atoms with Gasteiger partial charge in [0.15, 0.2) is 0 Å². The summed E-state index contributed by atoms with van der Waals surface area (Å²) in [4.78, 5) is 24.5. The zero-order valence-electron chi connectivity index (χ0n) is 17.0. The smallest absolute Gasteiger partial charge is 0.338 e. The fourth-order valence-corrected chi connectivity index (χ4v) is 3.06. The zero-order valence-corrected chi connectivity index (χ0v) is 17.0. The molecule has 6 nitrogen and oxygen atoms in total. The van der Waals surface area contributed by atoms with Gasteiger partial charge in [0, 0.05) is 29.2 Å². The highest BCUT2D eigenvalue weighted by molar-refractivity contribution is 5.90. The Morgan fingerprint density at radius 3 is 2.48 bits per heavy atom. The van der Waals surface area contributed by atoms with Crippen molar-refractivity contribution in [2.75, 3.05) is 13.7 Å². The first kappa shape index (κ1) is 20.6. The number of carbonyl (C=O) groups excluding carboxylic acids is 1. The lowest BCUT2D eigenvalue weighted by atomic mass is 10.0. The molecule has 6 heteroatoms. The lowest BCUT2D eigenvalue weighted by Crippen LogP contribution is -2.09. The quantitative estimate of drug-likeness (QED) is 0.438. The van der Waals surface area contributed by atoms with Gasteiger partial charge in [-0.05, 0) is 62.2 Å². The molecular formula is C23H24O6. The maximum absolute atomic E-state index is 12.6. The molecule has 3 rings (SSSR count). The van der Waals surface area contributed by atoms with Crippen LogP contribution in [0.5, 0.6) is 5.75 Å². The molecule has 0 fully saturated rings. The summed E-state index contributed by atoms with van der Waals surface area (Å²) < 4.78 is 21.5. The van der Waals surface area contributed by atoms with E-state index in [0.29, 0.717) is 35.7 Å². The summed E-state index contributed by atoms with van der Waals surface area (Å²) in [7, 11) is 1.57. The van der Waals surface area contributed by atoms with Crippen LogP contribution in [0.4, 0.5) is 0 Å². The second-order valence-electron chi connectivity index (χ2n) is 6.76. The maximum Gasteiger partial charge on any atom is 0.338 e. The number of hydrogen-bond acceptors (Lipinski definition) is 6. The van der Waals surface area contributed by atoms with Crippen molar-refractivity contribution in [1.82, 2.24) is 0 Å². The van der Waals surface area contributed by atoms with E-state index in [1.54, 1.807) is 25.3 Å². The van der Waals surface area contributed by atoms with Crippen molar-refractivity contribution in [2.24, 2.45) is 0 Å². The third-order valence-electron chi connectivity index (χ3n) is 4.78. The number of ether oxygens (including phenoxy) is 3. The Hall–Kier alpha value is -3.12. The molecule has 0 saturated heterocycles. The largest absolute Gasteiger partial charge is 0.496 e. The van der Waals surface area contributed by atoms with Gasteiger partial charge in [0.05, 0.1) is 19.3 Å². The highest BCUT2D eigenvalue weighted by Crippen LogP contribution is 2.24. The van der Waals surface area contributed by atoms with Gasteiger partial charge in [-0.1, -0.05) is 0 Å². The molecule has 0 N–H and O–H groups in total. The molecule has 0 bridgehead atoms. The molecule has 1 aromatic heterocycles. The van der Waals surface area contributed by atoms with Crippen molar-refractivity contribution in [2.45, 2.75) is 34.0 Å². The third-order valence-corrected chi connectivity index (χ3v) is 4.78. The lowest BCUT2D eigenvalue weighted by molar-refractivity contribution is 0.0473. The van der Waals surface area contributed by atoms with Crippen molar-refractivity contribution in [3.05, 3.63) is 74.6 Å². The van der Waals surface area contributed by atoms with Crippen LogP contribution < -0.4 is 10.4 Å². The van der Waals surface area contributed by atoms with Gasteiger partial charge >= 0.3 is 11.6 Å². The minimum atomic E-state index is -0.490. The van der Waals surface area contributed by atoms with Gasteiger partial charge in [-0.25, -0.2) is 9.59 Å². The summed E-state index contributed by atoms with van der Waals surface area (Å²) >= 11 is 0. The van der Waals surface area contributed by atoms with Crippen molar-refractivity contribution in [3.8, 4) is 5.75 Å². The highest BCUT2D eigenvalue weighted by Gasteiger charge is 2.14. The van der Waals surface area contributed by atoms with Crippen LogP contribution in [0, 0.1) is 13.8 Å². The first-order chi connectivity index (χ1) is 13.9. The Labute approximate surface area is 169 Å². The van der Waals surface area contributed by atoms with Crippen LogP contribution >= 0.6 is 0 Å². The predicted octanol–water partition coefficient (Wildman–Crippen LogP) is 4.31. The van der Waals surface area contributed by atoms with Gasteiger partial charge in [0.1, 0.15) is 17.9 Å². The standard InChI is InChI=1S/C23H24O6/c1-5-27-12-18-10-16(6-7-20(18)26-4)23(25)28-13-17-11-22(24)29-21-9-15(3)14(2)8-19(17)21/h6-11H,5,12-13H2,1-4H3. The number of hydrogen-bond donors (Lipinski definition) is 0. The Bertz CT molecular complexity index is 1100. The minimum absolute atomic E-state index is 0.0315. The molecular weight excluding hydrogens is 372 g/mol. The van der Waals surface area contributed by atoms with E-state index in [1.807, 2.05) is 32.9 Å². The molecule has 0 saturated carbocycles. The average molecular weight is 396 g/mol. The van der Waals surface area contributed by atoms with Crippen molar-refractivity contribution < 1.29 is 23.4 Å².